The van der Waals surface area contributed by atoms with E-state index in [9.17, 15) is 9.18 Å². The summed E-state index contributed by atoms with van der Waals surface area (Å²) in [7, 11) is 0. The van der Waals surface area contributed by atoms with E-state index >= 15 is 0 Å². The summed E-state index contributed by atoms with van der Waals surface area (Å²) in [6.07, 6.45) is 1.68. The Morgan fingerprint density at radius 1 is 1.12 bits per heavy atom. The van der Waals surface area contributed by atoms with Gasteiger partial charge in [0.05, 0.1) is 23.6 Å². The Hall–Kier alpha value is -3.46. The quantitative estimate of drug-likeness (QED) is 0.392. The molecule has 0 fully saturated rings. The number of amides is 1. The Bertz CT molecular complexity index is 1250. The summed E-state index contributed by atoms with van der Waals surface area (Å²) in [6, 6.07) is 15.4. The smallest absolute Gasteiger partial charge is 0.276 e. The molecule has 1 N–H and O–H groups in total. The number of hydrogen-bond acceptors (Lipinski definition) is 4. The summed E-state index contributed by atoms with van der Waals surface area (Å²) >= 11 is 3.38. The zero-order valence-corrected chi connectivity index (χ0v) is 19.1. The summed E-state index contributed by atoms with van der Waals surface area (Å²) in [4.78, 5) is 12.7. The standard InChI is InChI=1S/C23H21BrFN5O2/c1-15-22(16(2)30(27-15)13-17-4-3-5-19(25)12-17)26-23(31)21-10-11-29(28-21)14-32-20-8-6-18(24)7-9-20/h3-12H,13-14H2,1-2H3,(H,26,31). The highest BCUT2D eigenvalue weighted by Gasteiger charge is 2.17. The molecule has 0 unspecified atom stereocenters. The number of carbonyl (C=O) groups excluding carboxylic acids is 1. The molecule has 7 nitrogen and oxygen atoms in total. The van der Waals surface area contributed by atoms with Crippen molar-refractivity contribution in [3.05, 3.63) is 93.7 Å². The van der Waals surface area contributed by atoms with Crippen molar-refractivity contribution in [2.45, 2.75) is 27.1 Å². The van der Waals surface area contributed by atoms with Gasteiger partial charge >= 0.3 is 0 Å². The highest BCUT2D eigenvalue weighted by atomic mass is 79.9. The molecule has 2 heterocycles. The average Bonchev–Trinajstić information content (AvgIpc) is 3.34. The van der Waals surface area contributed by atoms with Crippen LogP contribution in [0.4, 0.5) is 10.1 Å². The second-order valence-electron chi connectivity index (χ2n) is 7.26. The number of aryl methyl sites for hydroxylation is 1. The second kappa shape index (κ2) is 9.35. The van der Waals surface area contributed by atoms with Crippen molar-refractivity contribution in [2.24, 2.45) is 0 Å². The zero-order chi connectivity index (χ0) is 22.7. The Morgan fingerprint density at radius 2 is 1.91 bits per heavy atom. The summed E-state index contributed by atoms with van der Waals surface area (Å²) in [5.74, 6) is 0.0628. The minimum absolute atomic E-state index is 0.179. The van der Waals surface area contributed by atoms with Gasteiger partial charge in [-0.15, -0.1) is 0 Å². The molecule has 9 heteroatoms. The first-order valence-corrected chi connectivity index (χ1v) is 10.7. The van der Waals surface area contributed by atoms with E-state index in [4.69, 9.17) is 4.74 Å². The molecule has 32 heavy (non-hydrogen) atoms. The van der Waals surface area contributed by atoms with E-state index in [1.807, 2.05) is 44.2 Å². The van der Waals surface area contributed by atoms with E-state index in [0.717, 1.165) is 15.7 Å². The van der Waals surface area contributed by atoms with Gasteiger partial charge in [0.25, 0.3) is 5.91 Å². The first-order chi connectivity index (χ1) is 15.4. The van der Waals surface area contributed by atoms with Gasteiger partial charge in [-0.2, -0.15) is 10.2 Å². The maximum absolute atomic E-state index is 13.5. The first-order valence-electron chi connectivity index (χ1n) is 9.90. The average molecular weight is 498 g/mol. The third kappa shape index (κ3) is 5.05. The lowest BCUT2D eigenvalue weighted by molar-refractivity contribution is 0.102. The first kappa shape index (κ1) is 21.8. The highest BCUT2D eigenvalue weighted by Crippen LogP contribution is 2.21. The second-order valence-corrected chi connectivity index (χ2v) is 8.17. The highest BCUT2D eigenvalue weighted by molar-refractivity contribution is 9.10. The monoisotopic (exact) mass is 497 g/mol. The molecule has 0 saturated heterocycles. The summed E-state index contributed by atoms with van der Waals surface area (Å²) in [5.41, 5.74) is 3.12. The van der Waals surface area contributed by atoms with E-state index in [-0.39, 0.29) is 24.1 Å². The van der Waals surface area contributed by atoms with Crippen LogP contribution in [0, 0.1) is 19.7 Å². The van der Waals surface area contributed by atoms with Crippen molar-refractivity contribution < 1.29 is 13.9 Å². The number of carbonyl (C=O) groups is 1. The predicted molar refractivity (Wildman–Crippen MR) is 122 cm³/mol. The molecular weight excluding hydrogens is 477 g/mol. The molecular formula is C23H21BrFN5O2. The van der Waals surface area contributed by atoms with Crippen molar-refractivity contribution in [1.82, 2.24) is 19.6 Å². The minimum atomic E-state index is -0.344. The van der Waals surface area contributed by atoms with Crippen LogP contribution < -0.4 is 10.1 Å². The lowest BCUT2D eigenvalue weighted by atomic mass is 10.2. The van der Waals surface area contributed by atoms with Gasteiger partial charge in [-0.05, 0) is 61.9 Å². The normalized spacial score (nSPS) is 10.9. The SMILES string of the molecule is Cc1nn(Cc2cccc(F)c2)c(C)c1NC(=O)c1ccn(COc2ccc(Br)cc2)n1. The lowest BCUT2D eigenvalue weighted by Crippen LogP contribution is -2.15. The van der Waals surface area contributed by atoms with Gasteiger partial charge in [-0.25, -0.2) is 9.07 Å². The molecule has 0 atom stereocenters. The van der Waals surface area contributed by atoms with Gasteiger partial charge in [0.2, 0.25) is 0 Å². The van der Waals surface area contributed by atoms with Crippen LogP contribution in [-0.4, -0.2) is 25.5 Å². The van der Waals surface area contributed by atoms with Crippen LogP contribution in [0.15, 0.2) is 65.3 Å². The molecule has 0 saturated carbocycles. The lowest BCUT2D eigenvalue weighted by Gasteiger charge is -2.07. The van der Waals surface area contributed by atoms with Gasteiger partial charge in [0.15, 0.2) is 12.4 Å². The van der Waals surface area contributed by atoms with Crippen LogP contribution in [0.1, 0.15) is 27.4 Å². The van der Waals surface area contributed by atoms with Crippen molar-refractivity contribution in [3.63, 3.8) is 0 Å². The number of hydrogen-bond donors (Lipinski definition) is 1. The van der Waals surface area contributed by atoms with Gasteiger partial charge in [-0.1, -0.05) is 28.1 Å². The van der Waals surface area contributed by atoms with Crippen LogP contribution in [0.25, 0.3) is 0 Å². The third-order valence-electron chi connectivity index (χ3n) is 4.89. The largest absolute Gasteiger partial charge is 0.471 e. The molecule has 0 aliphatic heterocycles. The molecule has 4 rings (SSSR count). The van der Waals surface area contributed by atoms with Crippen molar-refractivity contribution in [1.29, 1.82) is 0 Å². The third-order valence-corrected chi connectivity index (χ3v) is 5.42. The Morgan fingerprint density at radius 3 is 2.66 bits per heavy atom. The van der Waals surface area contributed by atoms with Crippen LogP contribution >= 0.6 is 15.9 Å². The summed E-state index contributed by atoms with van der Waals surface area (Å²) < 4.78 is 23.4. The van der Waals surface area contributed by atoms with E-state index in [1.54, 1.807) is 27.7 Å². The topological polar surface area (TPSA) is 74.0 Å². The zero-order valence-electron chi connectivity index (χ0n) is 17.5. The molecule has 1 amide bonds. The predicted octanol–water partition coefficient (Wildman–Crippen LogP) is 4.94. The van der Waals surface area contributed by atoms with E-state index in [1.165, 1.54) is 12.1 Å². The molecule has 0 aliphatic carbocycles. The number of aromatic nitrogens is 4. The van der Waals surface area contributed by atoms with E-state index in [0.29, 0.717) is 23.7 Å². The molecule has 0 aliphatic rings. The number of nitrogens with one attached hydrogen (secondary N) is 1. The van der Waals surface area contributed by atoms with Crippen LogP contribution in [-0.2, 0) is 13.3 Å². The minimum Gasteiger partial charge on any atom is -0.471 e. The fourth-order valence-corrected chi connectivity index (χ4v) is 3.51. The van der Waals surface area contributed by atoms with Crippen LogP contribution in [0.5, 0.6) is 5.75 Å². The van der Waals surface area contributed by atoms with Crippen molar-refractivity contribution in [3.8, 4) is 5.75 Å². The van der Waals surface area contributed by atoms with Crippen LogP contribution in [0.3, 0.4) is 0 Å². The molecule has 164 valence electrons. The molecule has 0 radical (unpaired) electrons. The van der Waals surface area contributed by atoms with Gasteiger partial charge in [0, 0.05) is 10.7 Å². The van der Waals surface area contributed by atoms with Crippen molar-refractivity contribution in [2.75, 3.05) is 5.32 Å². The maximum atomic E-state index is 13.5. The number of rotatable bonds is 7. The summed E-state index contributed by atoms with van der Waals surface area (Å²) in [5, 5.41) is 11.7. The molecule has 2 aromatic carbocycles. The molecule has 0 spiro atoms. The molecule has 2 aromatic heterocycles. The van der Waals surface area contributed by atoms with E-state index in [2.05, 4.69) is 31.4 Å². The summed E-state index contributed by atoms with van der Waals surface area (Å²) in [6.45, 7) is 4.26. The molecule has 0 bridgehead atoms. The molecule has 4 aromatic rings. The maximum Gasteiger partial charge on any atom is 0.276 e. The van der Waals surface area contributed by atoms with Gasteiger partial charge < -0.3 is 10.1 Å². The number of anilines is 1. The van der Waals surface area contributed by atoms with Gasteiger partial charge in [-0.3, -0.25) is 9.48 Å². The van der Waals surface area contributed by atoms with Crippen LogP contribution in [0.2, 0.25) is 0 Å². The number of benzene rings is 2. The fourth-order valence-electron chi connectivity index (χ4n) is 3.24. The Balaban J connectivity index is 1.41. The van der Waals surface area contributed by atoms with E-state index < -0.39 is 0 Å². The Kier molecular flexibility index (Phi) is 6.36. The van der Waals surface area contributed by atoms with Crippen molar-refractivity contribution >= 4 is 27.5 Å². The number of ether oxygens (including phenoxy) is 1. The Labute approximate surface area is 192 Å². The fraction of sp³-hybridized carbons (Fsp3) is 0.174. The number of nitrogens with zero attached hydrogens (tertiary/aromatic N) is 4. The number of halogens is 2. The van der Waals surface area contributed by atoms with Gasteiger partial charge in [0.1, 0.15) is 11.6 Å².